The maximum Gasteiger partial charge on any atom is 0.225 e. The van der Waals surface area contributed by atoms with E-state index >= 15 is 0 Å². The number of likely N-dealkylation sites (tertiary alicyclic amines) is 1. The average molecular weight is 519 g/mol. The molecule has 1 saturated heterocycles. The van der Waals surface area contributed by atoms with Crippen LogP contribution in [-0.4, -0.2) is 54.0 Å². The number of aliphatic imine (C=N–C) groups is 1. The van der Waals surface area contributed by atoms with Crippen molar-refractivity contribution in [2.45, 2.75) is 64.8 Å². The van der Waals surface area contributed by atoms with E-state index in [4.69, 9.17) is 4.99 Å². The van der Waals surface area contributed by atoms with Gasteiger partial charge in [-0.05, 0) is 33.1 Å². The van der Waals surface area contributed by atoms with Crippen molar-refractivity contribution in [3.05, 3.63) is 16.1 Å². The van der Waals surface area contributed by atoms with Crippen LogP contribution in [0.1, 0.15) is 56.2 Å². The Morgan fingerprint density at radius 2 is 2.11 bits per heavy atom. The Balaban J connectivity index is 0.00000280. The second-order valence-electron chi connectivity index (χ2n) is 7.62. The Hall–Kier alpha value is -0.900. The molecule has 2 N–H and O–H groups in total. The Kier molecular flexibility index (Phi) is 9.98. The van der Waals surface area contributed by atoms with Crippen LogP contribution in [0.15, 0.2) is 10.4 Å². The van der Waals surface area contributed by atoms with Gasteiger partial charge in [0.15, 0.2) is 5.96 Å². The molecular formula is C20H34IN5OS. The topological polar surface area (TPSA) is 69.6 Å². The number of nitrogens with zero attached hydrogens (tertiary/aromatic N) is 3. The fourth-order valence-electron chi connectivity index (χ4n) is 4.00. The minimum absolute atomic E-state index is 0. The van der Waals surface area contributed by atoms with E-state index in [-0.39, 0.29) is 35.9 Å². The van der Waals surface area contributed by atoms with Crippen molar-refractivity contribution < 1.29 is 4.79 Å². The molecule has 3 rings (SSSR count). The number of aryl methyl sites for hydroxylation is 1. The van der Waals surface area contributed by atoms with Crippen LogP contribution in [0.3, 0.4) is 0 Å². The summed E-state index contributed by atoms with van der Waals surface area (Å²) in [6, 6.07) is 0.289. The predicted octanol–water partition coefficient (Wildman–Crippen LogP) is 3.35. The number of guanidine groups is 1. The highest BCUT2D eigenvalue weighted by atomic mass is 127. The number of rotatable bonds is 6. The number of halogens is 1. The molecule has 0 radical (unpaired) electrons. The molecule has 1 aliphatic carbocycles. The number of hydrogen-bond donors (Lipinski definition) is 2. The first kappa shape index (κ1) is 23.4. The van der Waals surface area contributed by atoms with Gasteiger partial charge in [-0.1, -0.05) is 19.3 Å². The van der Waals surface area contributed by atoms with Crippen molar-refractivity contribution in [3.63, 3.8) is 0 Å². The highest BCUT2D eigenvalue weighted by Gasteiger charge is 2.31. The van der Waals surface area contributed by atoms with Gasteiger partial charge in [0.25, 0.3) is 0 Å². The van der Waals surface area contributed by atoms with Crippen LogP contribution in [0, 0.1) is 12.8 Å². The van der Waals surface area contributed by atoms with Crippen LogP contribution in [0.25, 0.3) is 0 Å². The molecule has 0 aromatic carbocycles. The van der Waals surface area contributed by atoms with Gasteiger partial charge < -0.3 is 15.5 Å². The molecule has 158 valence electrons. The van der Waals surface area contributed by atoms with Gasteiger partial charge >= 0.3 is 0 Å². The molecular weight excluding hydrogens is 485 g/mol. The molecule has 1 aliphatic heterocycles. The zero-order chi connectivity index (χ0) is 19.1. The van der Waals surface area contributed by atoms with Crippen LogP contribution in [0.5, 0.6) is 0 Å². The summed E-state index contributed by atoms with van der Waals surface area (Å²) < 4.78 is 0. The van der Waals surface area contributed by atoms with Gasteiger partial charge in [0.2, 0.25) is 5.91 Å². The Morgan fingerprint density at radius 1 is 1.32 bits per heavy atom. The van der Waals surface area contributed by atoms with E-state index in [0.29, 0.717) is 5.91 Å². The lowest BCUT2D eigenvalue weighted by Gasteiger charge is -2.26. The third-order valence-corrected chi connectivity index (χ3v) is 6.27. The first-order chi connectivity index (χ1) is 13.2. The monoisotopic (exact) mass is 519 g/mol. The molecule has 2 heterocycles. The quantitative estimate of drug-likeness (QED) is 0.344. The fourth-order valence-corrected chi connectivity index (χ4v) is 4.65. The average Bonchev–Trinajstić information content (AvgIpc) is 3.31. The number of hydrogen-bond acceptors (Lipinski definition) is 4. The molecule has 0 bridgehead atoms. The fraction of sp³-hybridized carbons (Fsp3) is 0.750. The van der Waals surface area contributed by atoms with Gasteiger partial charge in [-0.3, -0.25) is 9.79 Å². The first-order valence-corrected chi connectivity index (χ1v) is 11.3. The van der Waals surface area contributed by atoms with E-state index in [1.54, 1.807) is 11.3 Å². The van der Waals surface area contributed by atoms with Gasteiger partial charge in [-0.15, -0.1) is 35.3 Å². The summed E-state index contributed by atoms with van der Waals surface area (Å²) in [6.07, 6.45) is 7.72. The van der Waals surface area contributed by atoms with Gasteiger partial charge in [0.1, 0.15) is 0 Å². The van der Waals surface area contributed by atoms with E-state index in [9.17, 15) is 4.79 Å². The number of aromatic nitrogens is 1. The molecule has 0 spiro atoms. The molecule has 2 fully saturated rings. The van der Waals surface area contributed by atoms with Crippen molar-refractivity contribution in [3.8, 4) is 0 Å². The van der Waals surface area contributed by atoms with Crippen molar-refractivity contribution in [2.75, 3.05) is 26.2 Å². The predicted molar refractivity (Wildman–Crippen MR) is 127 cm³/mol. The molecule has 28 heavy (non-hydrogen) atoms. The maximum atomic E-state index is 12.7. The lowest BCUT2D eigenvalue weighted by atomic mass is 9.88. The Morgan fingerprint density at radius 3 is 2.79 bits per heavy atom. The highest BCUT2D eigenvalue weighted by Crippen LogP contribution is 2.26. The minimum Gasteiger partial charge on any atom is -0.357 e. The highest BCUT2D eigenvalue weighted by molar-refractivity contribution is 14.0. The summed E-state index contributed by atoms with van der Waals surface area (Å²) >= 11 is 1.69. The number of thiazole rings is 1. The van der Waals surface area contributed by atoms with Crippen LogP contribution < -0.4 is 10.6 Å². The summed E-state index contributed by atoms with van der Waals surface area (Å²) in [7, 11) is 0. The lowest BCUT2D eigenvalue weighted by molar-refractivity contribution is -0.135. The van der Waals surface area contributed by atoms with Gasteiger partial charge in [-0.2, -0.15) is 0 Å². The molecule has 1 aromatic rings. The molecule has 2 aliphatic rings. The summed E-state index contributed by atoms with van der Waals surface area (Å²) in [5.41, 5.74) is 1.11. The van der Waals surface area contributed by atoms with Gasteiger partial charge in [0.05, 0.1) is 10.7 Å². The molecule has 8 heteroatoms. The zero-order valence-electron chi connectivity index (χ0n) is 17.1. The van der Waals surface area contributed by atoms with E-state index < -0.39 is 0 Å². The van der Waals surface area contributed by atoms with Crippen LogP contribution >= 0.6 is 35.3 Å². The number of carbonyl (C=O) groups excluding carboxylic acids is 1. The van der Waals surface area contributed by atoms with E-state index in [1.807, 2.05) is 6.92 Å². The van der Waals surface area contributed by atoms with Crippen molar-refractivity contribution >= 4 is 47.2 Å². The van der Waals surface area contributed by atoms with Crippen LogP contribution in [-0.2, 0) is 11.2 Å². The Bertz CT molecular complexity index is 644. The third kappa shape index (κ3) is 6.86. The normalized spacial score (nSPS) is 20.7. The van der Waals surface area contributed by atoms with Crippen molar-refractivity contribution in [1.82, 2.24) is 20.5 Å². The maximum absolute atomic E-state index is 12.7. The molecule has 6 nitrogen and oxygen atoms in total. The van der Waals surface area contributed by atoms with Crippen molar-refractivity contribution in [1.29, 1.82) is 0 Å². The Labute approximate surface area is 190 Å². The number of carbonyl (C=O) groups is 1. The smallest absolute Gasteiger partial charge is 0.225 e. The summed E-state index contributed by atoms with van der Waals surface area (Å²) in [5, 5.41) is 10.1. The standard InChI is InChI=1S/C20H33N5OS.HI/c1-3-21-20(22-11-9-18-14-27-15(2)23-18)24-17-10-12-25(13-17)19(26)16-7-5-4-6-8-16;/h14,16-17H,3-13H2,1-2H3,(H2,21,22,24);1H. The SMILES string of the molecule is CCNC(=NCCc1csc(C)n1)NC1CCN(C(=O)C2CCCCC2)C1.I. The lowest BCUT2D eigenvalue weighted by Crippen LogP contribution is -2.45. The summed E-state index contributed by atoms with van der Waals surface area (Å²) in [4.78, 5) is 24.0. The van der Waals surface area contributed by atoms with Crippen LogP contribution in [0.2, 0.25) is 0 Å². The number of nitrogens with one attached hydrogen (secondary N) is 2. The first-order valence-electron chi connectivity index (χ1n) is 10.4. The van der Waals surface area contributed by atoms with Gasteiger partial charge in [-0.25, -0.2) is 4.98 Å². The second kappa shape index (κ2) is 11.9. The molecule has 1 saturated carbocycles. The second-order valence-corrected chi connectivity index (χ2v) is 8.68. The van der Waals surface area contributed by atoms with Gasteiger partial charge in [0, 0.05) is 49.9 Å². The molecule has 1 amide bonds. The minimum atomic E-state index is 0. The zero-order valence-corrected chi connectivity index (χ0v) is 20.2. The summed E-state index contributed by atoms with van der Waals surface area (Å²) in [6.45, 7) is 7.32. The van der Waals surface area contributed by atoms with Crippen molar-refractivity contribution in [2.24, 2.45) is 10.9 Å². The van der Waals surface area contributed by atoms with E-state index in [0.717, 1.165) is 68.5 Å². The van der Waals surface area contributed by atoms with Crippen LogP contribution in [0.4, 0.5) is 0 Å². The van der Waals surface area contributed by atoms with E-state index in [2.05, 4.69) is 32.8 Å². The summed E-state index contributed by atoms with van der Waals surface area (Å²) in [5.74, 6) is 1.49. The number of amides is 1. The van der Waals surface area contributed by atoms with E-state index in [1.165, 1.54) is 19.3 Å². The molecule has 1 aromatic heterocycles. The molecule has 1 atom stereocenters. The largest absolute Gasteiger partial charge is 0.357 e. The molecule has 1 unspecified atom stereocenters. The third-order valence-electron chi connectivity index (χ3n) is 5.44.